The zero-order chi connectivity index (χ0) is 22.3. The quantitative estimate of drug-likeness (QED) is 0.582. The predicted molar refractivity (Wildman–Crippen MR) is 127 cm³/mol. The van der Waals surface area contributed by atoms with E-state index in [1.165, 1.54) is 24.0 Å². The first-order valence-electron chi connectivity index (χ1n) is 12.1. The van der Waals surface area contributed by atoms with Crippen LogP contribution in [-0.4, -0.2) is 52.1 Å². The first-order valence-corrected chi connectivity index (χ1v) is 12.1. The molecule has 1 heterocycles. The van der Waals surface area contributed by atoms with Crippen LogP contribution in [0.2, 0.25) is 0 Å². The van der Waals surface area contributed by atoms with Gasteiger partial charge in [-0.05, 0) is 68.4 Å². The van der Waals surface area contributed by atoms with E-state index in [0.29, 0.717) is 18.5 Å². The second kappa shape index (κ2) is 10.9. The minimum Gasteiger partial charge on any atom is -0.394 e. The van der Waals surface area contributed by atoms with Crippen molar-refractivity contribution in [2.75, 3.05) is 25.5 Å². The molecule has 7 nitrogen and oxygen atoms in total. The molecule has 3 N–H and O–H groups in total. The number of rotatable bonds is 8. The third-order valence-corrected chi connectivity index (χ3v) is 7.07. The second-order valence-corrected chi connectivity index (χ2v) is 9.38. The van der Waals surface area contributed by atoms with Crippen LogP contribution in [0, 0.1) is 5.92 Å². The standard InChI is InChI=1S/C25H37N5O2/c1-29(25(32)28-24-8-4-6-20-5-2-3-7-23(20)24)14-13-19-9-11-21(12-10-19)27-22-17-26-30(18-22)15-16-31/h2-3,5,7,17-19,21,24,27,31H,4,6,8-16H2,1H3,(H,28,32)/t19?,21?,24-/m1/s1. The molecule has 174 valence electrons. The highest BCUT2D eigenvalue weighted by atomic mass is 16.3. The highest BCUT2D eigenvalue weighted by Gasteiger charge is 2.24. The molecule has 2 amide bonds. The average Bonchev–Trinajstić information content (AvgIpc) is 3.25. The Morgan fingerprint density at radius 3 is 2.84 bits per heavy atom. The largest absolute Gasteiger partial charge is 0.394 e. The van der Waals surface area contributed by atoms with E-state index >= 15 is 0 Å². The van der Waals surface area contributed by atoms with E-state index in [4.69, 9.17) is 5.11 Å². The molecule has 4 rings (SSSR count). The average molecular weight is 440 g/mol. The molecule has 1 fully saturated rings. The lowest BCUT2D eigenvalue weighted by Gasteiger charge is -2.31. The summed E-state index contributed by atoms with van der Waals surface area (Å²) in [6, 6.07) is 9.15. The number of carbonyl (C=O) groups excluding carboxylic acids is 1. The molecule has 32 heavy (non-hydrogen) atoms. The number of nitrogens with zero attached hydrogens (tertiary/aromatic N) is 3. The summed E-state index contributed by atoms with van der Waals surface area (Å²) in [5.41, 5.74) is 3.69. The molecule has 0 bridgehead atoms. The van der Waals surface area contributed by atoms with Crippen molar-refractivity contribution in [1.82, 2.24) is 20.0 Å². The van der Waals surface area contributed by atoms with Gasteiger partial charge in [0.2, 0.25) is 0 Å². The van der Waals surface area contributed by atoms with Gasteiger partial charge in [0, 0.05) is 25.8 Å². The van der Waals surface area contributed by atoms with Crippen LogP contribution in [0.3, 0.4) is 0 Å². The van der Waals surface area contributed by atoms with Crippen molar-refractivity contribution in [3.05, 3.63) is 47.8 Å². The smallest absolute Gasteiger partial charge is 0.317 e. The Morgan fingerprint density at radius 2 is 2.03 bits per heavy atom. The SMILES string of the molecule is CN(CCC1CCC(Nc2cnn(CCO)c2)CC1)C(=O)N[C@@H]1CCCc2ccccc21. The van der Waals surface area contributed by atoms with Crippen LogP contribution in [0.25, 0.3) is 0 Å². The Labute approximate surface area is 191 Å². The summed E-state index contributed by atoms with van der Waals surface area (Å²) in [5.74, 6) is 0.677. The molecule has 2 aliphatic rings. The van der Waals surface area contributed by atoms with Gasteiger partial charge in [-0.1, -0.05) is 24.3 Å². The fraction of sp³-hybridized carbons (Fsp3) is 0.600. The highest BCUT2D eigenvalue weighted by Crippen LogP contribution is 2.30. The van der Waals surface area contributed by atoms with Crippen molar-refractivity contribution in [3.8, 4) is 0 Å². The van der Waals surface area contributed by atoms with Gasteiger partial charge in [-0.15, -0.1) is 0 Å². The maximum absolute atomic E-state index is 12.8. The Bertz CT molecular complexity index is 875. The predicted octanol–water partition coefficient (Wildman–Crippen LogP) is 3.96. The van der Waals surface area contributed by atoms with Crippen LogP contribution >= 0.6 is 0 Å². The summed E-state index contributed by atoms with van der Waals surface area (Å²) in [5, 5.41) is 20.1. The number of anilines is 1. The normalized spacial score (nSPS) is 22.8. The first-order chi connectivity index (χ1) is 15.6. The van der Waals surface area contributed by atoms with Crippen molar-refractivity contribution in [1.29, 1.82) is 0 Å². The number of hydrogen-bond acceptors (Lipinski definition) is 4. The minimum atomic E-state index is 0.0435. The molecule has 1 aromatic carbocycles. The van der Waals surface area contributed by atoms with Gasteiger partial charge in [0.05, 0.1) is 31.1 Å². The number of fused-ring (bicyclic) bond motifs is 1. The molecular formula is C25H37N5O2. The second-order valence-electron chi connectivity index (χ2n) is 9.38. The molecule has 1 saturated carbocycles. The van der Waals surface area contributed by atoms with Crippen LogP contribution in [0.5, 0.6) is 0 Å². The Balaban J connectivity index is 1.17. The fourth-order valence-electron chi connectivity index (χ4n) is 5.13. The van der Waals surface area contributed by atoms with Gasteiger partial charge in [0.25, 0.3) is 0 Å². The van der Waals surface area contributed by atoms with Gasteiger partial charge in [-0.3, -0.25) is 4.68 Å². The zero-order valence-electron chi connectivity index (χ0n) is 19.2. The van der Waals surface area contributed by atoms with Crippen LogP contribution in [0.1, 0.15) is 62.1 Å². The van der Waals surface area contributed by atoms with E-state index in [2.05, 4.69) is 40.0 Å². The number of aliphatic hydroxyl groups is 1. The number of aryl methyl sites for hydroxylation is 1. The van der Waals surface area contributed by atoms with E-state index in [0.717, 1.165) is 50.8 Å². The molecule has 1 aromatic heterocycles. The van der Waals surface area contributed by atoms with Crippen LogP contribution in [-0.2, 0) is 13.0 Å². The molecule has 2 aliphatic carbocycles. The maximum Gasteiger partial charge on any atom is 0.317 e. The van der Waals surface area contributed by atoms with Gasteiger partial charge in [-0.25, -0.2) is 4.79 Å². The van der Waals surface area contributed by atoms with Gasteiger partial charge in [-0.2, -0.15) is 5.10 Å². The number of benzene rings is 1. The lowest BCUT2D eigenvalue weighted by molar-refractivity contribution is 0.196. The number of nitrogens with one attached hydrogen (secondary N) is 2. The van der Waals surface area contributed by atoms with E-state index in [-0.39, 0.29) is 18.7 Å². The number of urea groups is 1. The van der Waals surface area contributed by atoms with Crippen molar-refractivity contribution < 1.29 is 9.90 Å². The molecule has 0 radical (unpaired) electrons. The van der Waals surface area contributed by atoms with Crippen LogP contribution < -0.4 is 10.6 Å². The number of aromatic nitrogens is 2. The molecule has 0 unspecified atom stereocenters. The summed E-state index contributed by atoms with van der Waals surface area (Å²) in [7, 11) is 1.92. The van der Waals surface area contributed by atoms with Gasteiger partial charge >= 0.3 is 6.03 Å². The molecule has 7 heteroatoms. The zero-order valence-corrected chi connectivity index (χ0v) is 19.2. The van der Waals surface area contributed by atoms with Crippen molar-refractivity contribution >= 4 is 11.7 Å². The first kappa shape index (κ1) is 22.6. The highest BCUT2D eigenvalue weighted by molar-refractivity contribution is 5.74. The summed E-state index contributed by atoms with van der Waals surface area (Å²) in [6.45, 7) is 1.44. The lowest BCUT2D eigenvalue weighted by Crippen LogP contribution is -2.41. The van der Waals surface area contributed by atoms with Crippen LogP contribution in [0.15, 0.2) is 36.7 Å². The Morgan fingerprint density at radius 1 is 1.22 bits per heavy atom. The maximum atomic E-state index is 12.8. The van der Waals surface area contributed by atoms with E-state index < -0.39 is 0 Å². The van der Waals surface area contributed by atoms with Gasteiger partial charge in [0.15, 0.2) is 0 Å². The summed E-state index contributed by atoms with van der Waals surface area (Å²) < 4.78 is 1.76. The van der Waals surface area contributed by atoms with E-state index in [1.807, 2.05) is 24.3 Å². The van der Waals surface area contributed by atoms with Crippen molar-refractivity contribution in [3.63, 3.8) is 0 Å². The topological polar surface area (TPSA) is 82.4 Å². The van der Waals surface area contributed by atoms with Gasteiger partial charge < -0.3 is 20.6 Å². The van der Waals surface area contributed by atoms with E-state index in [9.17, 15) is 4.79 Å². The minimum absolute atomic E-state index is 0.0435. The number of hydrogen-bond donors (Lipinski definition) is 3. The summed E-state index contributed by atoms with van der Waals surface area (Å²) in [6.07, 6.45) is 12.8. The van der Waals surface area contributed by atoms with E-state index in [1.54, 1.807) is 4.68 Å². The molecule has 0 spiro atoms. The van der Waals surface area contributed by atoms with Gasteiger partial charge in [0.1, 0.15) is 0 Å². The Kier molecular flexibility index (Phi) is 7.68. The van der Waals surface area contributed by atoms with Crippen molar-refractivity contribution in [2.45, 2.75) is 70.0 Å². The number of amides is 2. The fourth-order valence-corrected chi connectivity index (χ4v) is 5.13. The monoisotopic (exact) mass is 439 g/mol. The Hall–Kier alpha value is -2.54. The molecule has 0 aliphatic heterocycles. The van der Waals surface area contributed by atoms with Crippen molar-refractivity contribution in [2.24, 2.45) is 5.92 Å². The molecule has 0 saturated heterocycles. The molecule has 2 aromatic rings. The van der Waals surface area contributed by atoms with Crippen LogP contribution in [0.4, 0.5) is 10.5 Å². The molecular weight excluding hydrogens is 402 g/mol. The molecule has 1 atom stereocenters. The summed E-state index contributed by atoms with van der Waals surface area (Å²) >= 11 is 0. The summed E-state index contributed by atoms with van der Waals surface area (Å²) in [4.78, 5) is 14.6. The third kappa shape index (κ3) is 5.82. The third-order valence-electron chi connectivity index (χ3n) is 7.07. The number of aliphatic hydroxyl groups excluding tert-OH is 1. The lowest BCUT2D eigenvalue weighted by atomic mass is 9.84. The number of carbonyl (C=O) groups is 1.